The number of halogens is 1. The fourth-order valence-electron chi connectivity index (χ4n) is 2.37. The SMILES string of the molecule is CC(C)C(NC(=O)c1ccc(F)cc1)c1ccc(C(=O)NO)cc1. The summed E-state index contributed by atoms with van der Waals surface area (Å²) in [4.78, 5) is 23.7. The van der Waals surface area contributed by atoms with Gasteiger partial charge in [-0.05, 0) is 47.9 Å². The Morgan fingerprint density at radius 2 is 1.42 bits per heavy atom. The van der Waals surface area contributed by atoms with Gasteiger partial charge in [0, 0.05) is 11.1 Å². The molecule has 2 rings (SSSR count). The van der Waals surface area contributed by atoms with Crippen LogP contribution < -0.4 is 10.8 Å². The van der Waals surface area contributed by atoms with Crippen LogP contribution in [0.2, 0.25) is 0 Å². The highest BCUT2D eigenvalue weighted by atomic mass is 19.1. The molecule has 1 unspecified atom stereocenters. The Morgan fingerprint density at radius 3 is 1.92 bits per heavy atom. The molecule has 0 heterocycles. The van der Waals surface area contributed by atoms with Crippen LogP contribution in [0.25, 0.3) is 0 Å². The molecule has 6 heteroatoms. The van der Waals surface area contributed by atoms with Crippen molar-refractivity contribution in [2.75, 3.05) is 0 Å². The Labute approximate surface area is 139 Å². The molecule has 1 atom stereocenters. The van der Waals surface area contributed by atoms with Crippen molar-refractivity contribution < 1.29 is 19.2 Å². The highest BCUT2D eigenvalue weighted by molar-refractivity contribution is 5.94. The number of carbonyl (C=O) groups is 2. The van der Waals surface area contributed by atoms with Crippen molar-refractivity contribution in [1.82, 2.24) is 10.8 Å². The van der Waals surface area contributed by atoms with Crippen LogP contribution in [0.3, 0.4) is 0 Å². The van der Waals surface area contributed by atoms with Gasteiger partial charge in [0.15, 0.2) is 0 Å². The molecule has 2 aromatic rings. The minimum atomic E-state index is -0.599. The first-order chi connectivity index (χ1) is 11.4. The van der Waals surface area contributed by atoms with Crippen molar-refractivity contribution in [1.29, 1.82) is 0 Å². The summed E-state index contributed by atoms with van der Waals surface area (Å²) in [5.74, 6) is -1.19. The third-order valence-electron chi connectivity index (χ3n) is 3.69. The third-order valence-corrected chi connectivity index (χ3v) is 3.69. The van der Waals surface area contributed by atoms with Gasteiger partial charge in [-0.25, -0.2) is 9.87 Å². The smallest absolute Gasteiger partial charge is 0.274 e. The number of benzene rings is 2. The maximum atomic E-state index is 13.0. The molecule has 126 valence electrons. The first kappa shape index (κ1) is 17.6. The van der Waals surface area contributed by atoms with E-state index in [4.69, 9.17) is 5.21 Å². The summed E-state index contributed by atoms with van der Waals surface area (Å²) in [6, 6.07) is 11.6. The van der Waals surface area contributed by atoms with E-state index in [1.54, 1.807) is 29.7 Å². The highest BCUT2D eigenvalue weighted by Crippen LogP contribution is 2.23. The number of rotatable bonds is 5. The van der Waals surface area contributed by atoms with Crippen LogP contribution in [0.4, 0.5) is 4.39 Å². The molecular formula is C18H19FN2O3. The van der Waals surface area contributed by atoms with Crippen molar-refractivity contribution in [2.24, 2.45) is 5.92 Å². The highest BCUT2D eigenvalue weighted by Gasteiger charge is 2.19. The van der Waals surface area contributed by atoms with Crippen molar-refractivity contribution in [2.45, 2.75) is 19.9 Å². The molecule has 0 aliphatic rings. The Morgan fingerprint density at radius 1 is 0.917 bits per heavy atom. The summed E-state index contributed by atoms with van der Waals surface area (Å²) < 4.78 is 13.0. The van der Waals surface area contributed by atoms with Crippen molar-refractivity contribution in [3.8, 4) is 0 Å². The van der Waals surface area contributed by atoms with Gasteiger partial charge in [-0.2, -0.15) is 0 Å². The predicted octanol–water partition coefficient (Wildman–Crippen LogP) is 3.07. The lowest BCUT2D eigenvalue weighted by Crippen LogP contribution is -2.31. The number of nitrogens with one attached hydrogen (secondary N) is 2. The summed E-state index contributed by atoms with van der Waals surface area (Å²) in [5, 5.41) is 11.6. The average molecular weight is 330 g/mol. The molecular weight excluding hydrogens is 311 g/mol. The molecule has 0 saturated carbocycles. The standard InChI is InChI=1S/C18H19FN2O3/c1-11(2)16(12-3-5-14(6-4-12)18(23)21-24)20-17(22)13-7-9-15(19)10-8-13/h3-11,16,24H,1-2H3,(H,20,22)(H,21,23). The minimum Gasteiger partial charge on any atom is -0.345 e. The monoisotopic (exact) mass is 330 g/mol. The van der Waals surface area contributed by atoms with E-state index in [0.29, 0.717) is 11.1 Å². The molecule has 0 fully saturated rings. The van der Waals surface area contributed by atoms with E-state index in [9.17, 15) is 14.0 Å². The zero-order chi connectivity index (χ0) is 17.7. The van der Waals surface area contributed by atoms with Gasteiger partial charge in [-0.1, -0.05) is 26.0 Å². The lowest BCUT2D eigenvalue weighted by Gasteiger charge is -2.23. The Balaban J connectivity index is 2.18. The summed E-state index contributed by atoms with van der Waals surface area (Å²) in [5.41, 5.74) is 3.09. The maximum Gasteiger partial charge on any atom is 0.274 e. The molecule has 0 aliphatic carbocycles. The zero-order valence-electron chi connectivity index (χ0n) is 13.4. The van der Waals surface area contributed by atoms with E-state index >= 15 is 0 Å². The summed E-state index contributed by atoms with van der Waals surface area (Å²) in [6.07, 6.45) is 0. The van der Waals surface area contributed by atoms with Gasteiger partial charge in [0.25, 0.3) is 11.8 Å². The molecule has 2 amide bonds. The lowest BCUT2D eigenvalue weighted by molar-refractivity contribution is 0.0706. The van der Waals surface area contributed by atoms with Crippen molar-refractivity contribution in [3.63, 3.8) is 0 Å². The Hall–Kier alpha value is -2.73. The number of amides is 2. The van der Waals surface area contributed by atoms with Gasteiger partial charge in [-0.3, -0.25) is 14.8 Å². The fourth-order valence-corrected chi connectivity index (χ4v) is 2.37. The van der Waals surface area contributed by atoms with E-state index in [1.165, 1.54) is 24.3 Å². The Kier molecular flexibility index (Phi) is 5.65. The van der Waals surface area contributed by atoms with Crippen molar-refractivity contribution in [3.05, 3.63) is 71.0 Å². The molecule has 3 N–H and O–H groups in total. The van der Waals surface area contributed by atoms with Crippen LogP contribution >= 0.6 is 0 Å². The first-order valence-corrected chi connectivity index (χ1v) is 7.53. The molecule has 2 aromatic carbocycles. The summed E-state index contributed by atoms with van der Waals surface area (Å²) >= 11 is 0. The van der Waals surface area contributed by atoms with Gasteiger partial charge >= 0.3 is 0 Å². The van der Waals surface area contributed by atoms with Gasteiger partial charge in [-0.15, -0.1) is 0 Å². The van der Waals surface area contributed by atoms with Gasteiger partial charge in [0.1, 0.15) is 5.82 Å². The van der Waals surface area contributed by atoms with E-state index in [-0.39, 0.29) is 17.9 Å². The van der Waals surface area contributed by atoms with E-state index < -0.39 is 11.7 Å². The van der Waals surface area contributed by atoms with E-state index in [0.717, 1.165) is 5.56 Å². The topological polar surface area (TPSA) is 78.4 Å². The molecule has 0 radical (unpaired) electrons. The van der Waals surface area contributed by atoms with Crippen LogP contribution in [-0.2, 0) is 0 Å². The second kappa shape index (κ2) is 7.70. The fraction of sp³-hybridized carbons (Fsp3) is 0.222. The molecule has 0 aliphatic heterocycles. The number of carbonyl (C=O) groups excluding carboxylic acids is 2. The molecule has 5 nitrogen and oxygen atoms in total. The van der Waals surface area contributed by atoms with Crippen LogP contribution in [0.5, 0.6) is 0 Å². The number of hydrogen-bond donors (Lipinski definition) is 3. The quantitative estimate of drug-likeness (QED) is 0.582. The molecule has 24 heavy (non-hydrogen) atoms. The minimum absolute atomic E-state index is 0.104. The second-order valence-corrected chi connectivity index (χ2v) is 5.76. The Bertz CT molecular complexity index is 712. The van der Waals surface area contributed by atoms with Crippen LogP contribution in [0, 0.1) is 11.7 Å². The van der Waals surface area contributed by atoms with E-state index in [2.05, 4.69) is 5.32 Å². The average Bonchev–Trinajstić information content (AvgIpc) is 2.59. The maximum absolute atomic E-state index is 13.0. The molecule has 0 saturated heterocycles. The second-order valence-electron chi connectivity index (χ2n) is 5.76. The van der Waals surface area contributed by atoms with Gasteiger partial charge < -0.3 is 5.32 Å². The van der Waals surface area contributed by atoms with Crippen LogP contribution in [0.1, 0.15) is 46.2 Å². The largest absolute Gasteiger partial charge is 0.345 e. The van der Waals surface area contributed by atoms with Gasteiger partial charge in [0.05, 0.1) is 6.04 Å². The molecule has 0 bridgehead atoms. The van der Waals surface area contributed by atoms with E-state index in [1.807, 2.05) is 13.8 Å². The number of hydrogen-bond acceptors (Lipinski definition) is 3. The van der Waals surface area contributed by atoms with Crippen molar-refractivity contribution >= 4 is 11.8 Å². The molecule has 0 spiro atoms. The lowest BCUT2D eigenvalue weighted by atomic mass is 9.94. The summed E-state index contributed by atoms with van der Waals surface area (Å²) in [7, 11) is 0. The summed E-state index contributed by atoms with van der Waals surface area (Å²) in [6.45, 7) is 3.92. The first-order valence-electron chi connectivity index (χ1n) is 7.53. The van der Waals surface area contributed by atoms with Crippen LogP contribution in [-0.4, -0.2) is 17.0 Å². The molecule has 0 aromatic heterocycles. The predicted molar refractivity (Wildman–Crippen MR) is 87.1 cm³/mol. The van der Waals surface area contributed by atoms with Gasteiger partial charge in [0.2, 0.25) is 0 Å². The normalized spacial score (nSPS) is 11.9. The van der Waals surface area contributed by atoms with Crippen LogP contribution in [0.15, 0.2) is 48.5 Å². The zero-order valence-corrected chi connectivity index (χ0v) is 13.4. The number of hydroxylamine groups is 1. The third kappa shape index (κ3) is 4.17.